The van der Waals surface area contributed by atoms with Gasteiger partial charge in [0.15, 0.2) is 0 Å². The van der Waals surface area contributed by atoms with Crippen molar-refractivity contribution in [2.45, 2.75) is 12.8 Å². The molecule has 0 unspecified atom stereocenters. The van der Waals surface area contributed by atoms with Crippen molar-refractivity contribution in [2.75, 3.05) is 19.0 Å². The summed E-state index contributed by atoms with van der Waals surface area (Å²) in [5, 5.41) is 8.33. The van der Waals surface area contributed by atoms with Crippen LogP contribution in [0.1, 0.15) is 12.8 Å². The fourth-order valence-electron chi connectivity index (χ4n) is 1.17. The van der Waals surface area contributed by atoms with E-state index in [0.717, 1.165) is 5.69 Å². The summed E-state index contributed by atoms with van der Waals surface area (Å²) in [6, 6.07) is 9.15. The lowest BCUT2D eigenvalue weighted by Crippen LogP contribution is -2.10. The van der Waals surface area contributed by atoms with E-state index in [9.17, 15) is 4.79 Å². The Balaban J connectivity index is 2.64. The van der Waals surface area contributed by atoms with Crippen molar-refractivity contribution in [2.24, 2.45) is 0 Å². The van der Waals surface area contributed by atoms with Crippen molar-refractivity contribution in [3.8, 4) is 11.8 Å². The SMILES string of the molecule is CN(C)c1cccc(OC(=O)CCC#N)c1. The molecule has 0 aliphatic carbocycles. The molecule has 0 amide bonds. The normalized spacial score (nSPS) is 9.31. The Hall–Kier alpha value is -2.02. The number of rotatable bonds is 4. The van der Waals surface area contributed by atoms with Crippen LogP contribution in [0.15, 0.2) is 24.3 Å². The van der Waals surface area contributed by atoms with Crippen LogP contribution in [0, 0.1) is 11.3 Å². The lowest BCUT2D eigenvalue weighted by Gasteiger charge is -2.13. The molecular formula is C12H14N2O2. The molecular weight excluding hydrogens is 204 g/mol. The standard InChI is InChI=1S/C12H14N2O2/c1-14(2)10-5-3-6-11(9-10)16-12(15)7-4-8-13/h3,5-6,9H,4,7H2,1-2H3. The van der Waals surface area contributed by atoms with Crippen molar-refractivity contribution < 1.29 is 9.53 Å². The monoisotopic (exact) mass is 218 g/mol. The average Bonchev–Trinajstić information content (AvgIpc) is 2.26. The Bertz CT molecular complexity index is 408. The Morgan fingerprint density at radius 2 is 2.25 bits per heavy atom. The number of hydrogen-bond donors (Lipinski definition) is 0. The van der Waals surface area contributed by atoms with E-state index >= 15 is 0 Å². The van der Waals surface area contributed by atoms with E-state index in [1.54, 1.807) is 12.1 Å². The molecule has 0 fully saturated rings. The van der Waals surface area contributed by atoms with Crippen LogP contribution >= 0.6 is 0 Å². The second-order valence-corrected chi connectivity index (χ2v) is 3.52. The number of carbonyl (C=O) groups is 1. The van der Waals surface area contributed by atoms with E-state index in [1.165, 1.54) is 0 Å². The molecule has 0 aliphatic rings. The van der Waals surface area contributed by atoms with Crippen LogP contribution in [0.4, 0.5) is 5.69 Å². The topological polar surface area (TPSA) is 53.3 Å². The van der Waals surface area contributed by atoms with Crippen molar-refractivity contribution in [1.29, 1.82) is 5.26 Å². The zero-order valence-electron chi connectivity index (χ0n) is 9.43. The van der Waals surface area contributed by atoms with E-state index in [0.29, 0.717) is 5.75 Å². The van der Waals surface area contributed by atoms with Gasteiger partial charge in [0.1, 0.15) is 5.75 Å². The first-order valence-corrected chi connectivity index (χ1v) is 4.98. The maximum absolute atomic E-state index is 11.3. The number of hydrogen-bond acceptors (Lipinski definition) is 4. The minimum absolute atomic E-state index is 0.128. The van der Waals surface area contributed by atoms with Gasteiger partial charge >= 0.3 is 5.97 Å². The fourth-order valence-corrected chi connectivity index (χ4v) is 1.17. The molecule has 0 saturated heterocycles. The summed E-state index contributed by atoms with van der Waals surface area (Å²) in [4.78, 5) is 13.2. The maximum atomic E-state index is 11.3. The van der Waals surface area contributed by atoms with Crippen molar-refractivity contribution in [3.63, 3.8) is 0 Å². The Morgan fingerprint density at radius 1 is 1.50 bits per heavy atom. The van der Waals surface area contributed by atoms with Gasteiger partial charge in [0.05, 0.1) is 12.5 Å². The van der Waals surface area contributed by atoms with Crippen LogP contribution in [0.25, 0.3) is 0 Å². The molecule has 1 rings (SSSR count). The van der Waals surface area contributed by atoms with Gasteiger partial charge in [-0.25, -0.2) is 0 Å². The molecule has 1 aromatic rings. The quantitative estimate of drug-likeness (QED) is 0.572. The zero-order chi connectivity index (χ0) is 12.0. The molecule has 0 aliphatic heterocycles. The first-order chi connectivity index (χ1) is 7.63. The van der Waals surface area contributed by atoms with Gasteiger partial charge < -0.3 is 9.64 Å². The molecule has 1 aromatic carbocycles. The number of anilines is 1. The molecule has 84 valence electrons. The first kappa shape index (κ1) is 12.1. The molecule has 0 bridgehead atoms. The summed E-state index contributed by atoms with van der Waals surface area (Å²) in [5.74, 6) is 0.131. The molecule has 0 aromatic heterocycles. The van der Waals surface area contributed by atoms with Crippen LogP contribution in [0.3, 0.4) is 0 Å². The summed E-state index contributed by atoms with van der Waals surface area (Å²) in [5.41, 5.74) is 0.964. The highest BCUT2D eigenvalue weighted by Gasteiger charge is 2.05. The van der Waals surface area contributed by atoms with Crippen LogP contribution in [-0.4, -0.2) is 20.1 Å². The zero-order valence-corrected chi connectivity index (χ0v) is 9.43. The molecule has 0 atom stereocenters. The highest BCUT2D eigenvalue weighted by molar-refractivity contribution is 5.73. The second kappa shape index (κ2) is 5.76. The molecule has 16 heavy (non-hydrogen) atoms. The van der Waals surface area contributed by atoms with Crippen molar-refractivity contribution in [3.05, 3.63) is 24.3 Å². The van der Waals surface area contributed by atoms with E-state index in [-0.39, 0.29) is 18.8 Å². The van der Waals surface area contributed by atoms with Gasteiger partial charge in [0.2, 0.25) is 0 Å². The van der Waals surface area contributed by atoms with Gasteiger partial charge in [-0.15, -0.1) is 0 Å². The molecule has 4 heteroatoms. The van der Waals surface area contributed by atoms with Crippen LogP contribution < -0.4 is 9.64 Å². The molecule has 4 nitrogen and oxygen atoms in total. The third-order valence-electron chi connectivity index (χ3n) is 2.01. The fraction of sp³-hybridized carbons (Fsp3) is 0.333. The molecule has 0 spiro atoms. The molecule has 0 saturated carbocycles. The number of carbonyl (C=O) groups excluding carboxylic acids is 1. The van der Waals surface area contributed by atoms with E-state index in [2.05, 4.69) is 0 Å². The van der Waals surface area contributed by atoms with Crippen molar-refractivity contribution in [1.82, 2.24) is 0 Å². The number of benzene rings is 1. The second-order valence-electron chi connectivity index (χ2n) is 3.52. The third-order valence-corrected chi connectivity index (χ3v) is 2.01. The number of nitrogens with zero attached hydrogens (tertiary/aromatic N) is 2. The van der Waals surface area contributed by atoms with E-state index < -0.39 is 0 Å². The smallest absolute Gasteiger partial charge is 0.312 e. The van der Waals surface area contributed by atoms with E-state index in [4.69, 9.17) is 10.00 Å². The summed E-state index contributed by atoms with van der Waals surface area (Å²) >= 11 is 0. The minimum Gasteiger partial charge on any atom is -0.426 e. The van der Waals surface area contributed by atoms with Gasteiger partial charge in [-0.05, 0) is 12.1 Å². The van der Waals surface area contributed by atoms with Gasteiger partial charge in [0.25, 0.3) is 0 Å². The summed E-state index contributed by atoms with van der Waals surface area (Å²) < 4.78 is 5.09. The lowest BCUT2D eigenvalue weighted by molar-refractivity contribution is -0.134. The maximum Gasteiger partial charge on any atom is 0.312 e. The third kappa shape index (κ3) is 3.62. The summed E-state index contributed by atoms with van der Waals surface area (Å²) in [7, 11) is 3.83. The van der Waals surface area contributed by atoms with Gasteiger partial charge in [0, 0.05) is 32.3 Å². The molecule has 0 heterocycles. The number of nitriles is 1. The predicted octanol–water partition coefficient (Wildman–Crippen LogP) is 1.96. The highest BCUT2D eigenvalue weighted by Crippen LogP contribution is 2.19. The summed E-state index contributed by atoms with van der Waals surface area (Å²) in [6.07, 6.45) is 0.314. The predicted molar refractivity (Wildman–Crippen MR) is 61.3 cm³/mol. The van der Waals surface area contributed by atoms with Crippen molar-refractivity contribution >= 4 is 11.7 Å². The Labute approximate surface area is 95.0 Å². The van der Waals surface area contributed by atoms with Crippen LogP contribution in [0.5, 0.6) is 5.75 Å². The molecule has 0 N–H and O–H groups in total. The number of esters is 1. The Morgan fingerprint density at radius 3 is 2.88 bits per heavy atom. The first-order valence-electron chi connectivity index (χ1n) is 4.98. The minimum atomic E-state index is -0.377. The van der Waals surface area contributed by atoms with Gasteiger partial charge in [-0.2, -0.15) is 5.26 Å². The Kier molecular flexibility index (Phi) is 4.34. The molecule has 0 radical (unpaired) electrons. The average molecular weight is 218 g/mol. The van der Waals surface area contributed by atoms with Crippen LogP contribution in [-0.2, 0) is 4.79 Å². The van der Waals surface area contributed by atoms with Crippen LogP contribution in [0.2, 0.25) is 0 Å². The largest absolute Gasteiger partial charge is 0.426 e. The van der Waals surface area contributed by atoms with E-state index in [1.807, 2.05) is 37.2 Å². The summed E-state index contributed by atoms with van der Waals surface area (Å²) in [6.45, 7) is 0. The van der Waals surface area contributed by atoms with Gasteiger partial charge in [-0.1, -0.05) is 6.07 Å². The number of ether oxygens (including phenoxy) is 1. The van der Waals surface area contributed by atoms with Gasteiger partial charge in [-0.3, -0.25) is 4.79 Å². The highest BCUT2D eigenvalue weighted by atomic mass is 16.5. The lowest BCUT2D eigenvalue weighted by atomic mass is 10.3.